The van der Waals surface area contributed by atoms with Crippen LogP contribution in [0, 0.1) is 11.6 Å². The van der Waals surface area contributed by atoms with Gasteiger partial charge in [0.2, 0.25) is 0 Å². The van der Waals surface area contributed by atoms with Gasteiger partial charge in [-0.15, -0.1) is 0 Å². The molecule has 0 aliphatic carbocycles. The fourth-order valence-electron chi connectivity index (χ4n) is 1.15. The molecule has 4 heteroatoms. The third-order valence-corrected chi connectivity index (χ3v) is 1.92. The first-order valence-electron chi connectivity index (χ1n) is 4.85. The van der Waals surface area contributed by atoms with Gasteiger partial charge in [-0.25, -0.2) is 8.78 Å². The molecule has 0 saturated heterocycles. The van der Waals surface area contributed by atoms with Crippen molar-refractivity contribution in [2.45, 2.75) is 25.9 Å². The number of hydrogen-bond acceptors (Lipinski definition) is 2. The predicted molar refractivity (Wildman–Crippen MR) is 52.8 cm³/mol. The van der Waals surface area contributed by atoms with Crippen molar-refractivity contribution < 1.29 is 18.6 Å². The maximum atomic E-state index is 13.0. The van der Waals surface area contributed by atoms with Crippen LogP contribution < -0.4 is 4.74 Å². The first kappa shape index (κ1) is 11.9. The highest BCUT2D eigenvalue weighted by molar-refractivity contribution is 5.24. The monoisotopic (exact) mass is 216 g/mol. The minimum absolute atomic E-state index is 0.0828. The molecule has 2 nitrogen and oxygen atoms in total. The van der Waals surface area contributed by atoms with Crippen molar-refractivity contribution in [1.29, 1.82) is 0 Å². The van der Waals surface area contributed by atoms with Gasteiger partial charge >= 0.3 is 0 Å². The molecule has 15 heavy (non-hydrogen) atoms. The first-order valence-corrected chi connectivity index (χ1v) is 4.85. The Morgan fingerprint density at radius 1 is 1.40 bits per heavy atom. The van der Waals surface area contributed by atoms with Crippen LogP contribution in [-0.2, 0) is 0 Å². The molecule has 1 aromatic carbocycles. The van der Waals surface area contributed by atoms with Crippen LogP contribution in [0.2, 0.25) is 0 Å². The third kappa shape index (κ3) is 4.25. The van der Waals surface area contributed by atoms with E-state index in [1.807, 2.05) is 0 Å². The van der Waals surface area contributed by atoms with Gasteiger partial charge in [-0.05, 0) is 31.9 Å². The number of ether oxygens (including phenoxy) is 1. The van der Waals surface area contributed by atoms with Gasteiger partial charge in [0.1, 0.15) is 5.82 Å². The standard InChI is InChI=1S/C11H14F2O2/c1-8(14)3-2-6-15-11-7-9(12)4-5-10(11)13/h4-5,7-8,14H,2-3,6H2,1H3. The molecule has 0 bridgehead atoms. The van der Waals surface area contributed by atoms with Gasteiger partial charge in [-0.1, -0.05) is 0 Å². The lowest BCUT2D eigenvalue weighted by atomic mass is 10.2. The van der Waals surface area contributed by atoms with Gasteiger partial charge in [-0.3, -0.25) is 0 Å². The van der Waals surface area contributed by atoms with Crippen molar-refractivity contribution in [2.75, 3.05) is 6.61 Å². The Balaban J connectivity index is 2.40. The summed E-state index contributed by atoms with van der Waals surface area (Å²) in [5, 5.41) is 8.96. The van der Waals surface area contributed by atoms with Gasteiger partial charge in [0.15, 0.2) is 11.6 Å². The van der Waals surface area contributed by atoms with Crippen molar-refractivity contribution in [3.8, 4) is 5.75 Å². The van der Waals surface area contributed by atoms with Gasteiger partial charge in [0.25, 0.3) is 0 Å². The SMILES string of the molecule is CC(O)CCCOc1cc(F)ccc1F. The highest BCUT2D eigenvalue weighted by Gasteiger charge is 2.04. The highest BCUT2D eigenvalue weighted by atomic mass is 19.1. The van der Waals surface area contributed by atoms with Crippen LogP contribution in [0.5, 0.6) is 5.75 Å². The number of benzene rings is 1. The van der Waals surface area contributed by atoms with E-state index in [0.717, 1.165) is 18.2 Å². The largest absolute Gasteiger partial charge is 0.490 e. The lowest BCUT2D eigenvalue weighted by molar-refractivity contribution is 0.169. The molecule has 84 valence electrons. The molecule has 0 aliphatic rings. The summed E-state index contributed by atoms with van der Waals surface area (Å²) in [4.78, 5) is 0. The predicted octanol–water partition coefficient (Wildman–Crippen LogP) is 2.50. The van der Waals surface area contributed by atoms with Crippen LogP contribution >= 0.6 is 0 Å². The summed E-state index contributed by atoms with van der Waals surface area (Å²) >= 11 is 0. The van der Waals surface area contributed by atoms with Gasteiger partial charge in [0.05, 0.1) is 12.7 Å². The third-order valence-electron chi connectivity index (χ3n) is 1.92. The summed E-state index contributed by atoms with van der Waals surface area (Å²) in [7, 11) is 0. The number of hydrogen-bond donors (Lipinski definition) is 1. The maximum Gasteiger partial charge on any atom is 0.165 e. The Morgan fingerprint density at radius 3 is 2.80 bits per heavy atom. The molecular formula is C11H14F2O2. The molecule has 0 fully saturated rings. The molecule has 1 N–H and O–H groups in total. The van der Waals surface area contributed by atoms with E-state index in [0.29, 0.717) is 12.8 Å². The summed E-state index contributed by atoms with van der Waals surface area (Å²) in [6.07, 6.45) is 0.788. The Hall–Kier alpha value is -1.16. The van der Waals surface area contributed by atoms with E-state index in [1.165, 1.54) is 0 Å². The fraction of sp³-hybridized carbons (Fsp3) is 0.455. The van der Waals surface area contributed by atoms with E-state index >= 15 is 0 Å². The van der Waals surface area contributed by atoms with Crippen molar-refractivity contribution in [3.05, 3.63) is 29.8 Å². The second kappa shape index (κ2) is 5.66. The fourth-order valence-corrected chi connectivity index (χ4v) is 1.15. The molecule has 0 aliphatic heterocycles. The van der Waals surface area contributed by atoms with E-state index in [2.05, 4.69) is 0 Å². The van der Waals surface area contributed by atoms with Crippen LogP contribution in [0.15, 0.2) is 18.2 Å². The zero-order valence-electron chi connectivity index (χ0n) is 8.54. The van der Waals surface area contributed by atoms with E-state index in [1.54, 1.807) is 6.92 Å². The zero-order chi connectivity index (χ0) is 11.3. The van der Waals surface area contributed by atoms with Crippen molar-refractivity contribution in [3.63, 3.8) is 0 Å². The minimum Gasteiger partial charge on any atom is -0.490 e. The first-order chi connectivity index (χ1) is 7.09. The second-order valence-corrected chi connectivity index (χ2v) is 3.41. The summed E-state index contributed by atoms with van der Waals surface area (Å²) in [5.74, 6) is -1.18. The smallest absolute Gasteiger partial charge is 0.165 e. The topological polar surface area (TPSA) is 29.5 Å². The Kier molecular flexibility index (Phi) is 4.49. The number of aliphatic hydroxyl groups excluding tert-OH is 1. The number of aliphatic hydroxyl groups is 1. The van der Waals surface area contributed by atoms with Crippen LogP contribution in [0.25, 0.3) is 0 Å². The van der Waals surface area contributed by atoms with Crippen molar-refractivity contribution in [1.82, 2.24) is 0 Å². The molecule has 0 spiro atoms. The molecule has 1 aromatic rings. The number of rotatable bonds is 5. The van der Waals surface area contributed by atoms with Crippen LogP contribution in [-0.4, -0.2) is 17.8 Å². The van der Waals surface area contributed by atoms with E-state index < -0.39 is 17.7 Å². The van der Waals surface area contributed by atoms with Gasteiger partial charge in [-0.2, -0.15) is 0 Å². The van der Waals surface area contributed by atoms with Gasteiger partial charge in [0, 0.05) is 6.07 Å². The zero-order valence-corrected chi connectivity index (χ0v) is 8.54. The molecular weight excluding hydrogens is 202 g/mol. The van der Waals surface area contributed by atoms with E-state index in [9.17, 15) is 8.78 Å². The lowest BCUT2D eigenvalue weighted by Gasteiger charge is -2.08. The second-order valence-electron chi connectivity index (χ2n) is 3.41. The molecule has 1 unspecified atom stereocenters. The van der Waals surface area contributed by atoms with Gasteiger partial charge < -0.3 is 9.84 Å². The van der Waals surface area contributed by atoms with Crippen LogP contribution in [0.4, 0.5) is 8.78 Å². The maximum absolute atomic E-state index is 13.0. The van der Waals surface area contributed by atoms with E-state index in [-0.39, 0.29) is 12.4 Å². The normalized spacial score (nSPS) is 12.5. The summed E-state index contributed by atoms with van der Waals surface area (Å²) in [6, 6.07) is 3.08. The Bertz CT molecular complexity index is 313. The molecule has 0 aromatic heterocycles. The minimum atomic E-state index is -0.576. The highest BCUT2D eigenvalue weighted by Crippen LogP contribution is 2.18. The molecule has 0 amide bonds. The summed E-state index contributed by atoms with van der Waals surface area (Å²) < 4.78 is 30.8. The lowest BCUT2D eigenvalue weighted by Crippen LogP contribution is -2.05. The molecule has 0 heterocycles. The summed E-state index contributed by atoms with van der Waals surface area (Å²) in [6.45, 7) is 1.94. The molecule has 1 rings (SSSR count). The quantitative estimate of drug-likeness (QED) is 0.766. The molecule has 0 radical (unpaired) electrons. The van der Waals surface area contributed by atoms with Crippen LogP contribution in [0.1, 0.15) is 19.8 Å². The average molecular weight is 216 g/mol. The summed E-state index contributed by atoms with van der Waals surface area (Å²) in [5.41, 5.74) is 0. The Morgan fingerprint density at radius 2 is 2.13 bits per heavy atom. The van der Waals surface area contributed by atoms with Crippen molar-refractivity contribution in [2.24, 2.45) is 0 Å². The molecule has 1 atom stereocenters. The van der Waals surface area contributed by atoms with E-state index in [4.69, 9.17) is 9.84 Å². The van der Waals surface area contributed by atoms with Crippen LogP contribution in [0.3, 0.4) is 0 Å². The van der Waals surface area contributed by atoms with Crippen molar-refractivity contribution >= 4 is 0 Å². The molecule has 0 saturated carbocycles. The average Bonchev–Trinajstić information content (AvgIpc) is 2.17. The number of halogens is 2. The Labute approximate surface area is 87.5 Å².